The Morgan fingerprint density at radius 3 is 2.95 bits per heavy atom. The molecule has 2 rings (SSSR count). The Morgan fingerprint density at radius 1 is 1.47 bits per heavy atom. The molecule has 0 amide bonds. The van der Waals surface area contributed by atoms with Crippen molar-refractivity contribution in [3.05, 3.63) is 24.0 Å². The summed E-state index contributed by atoms with van der Waals surface area (Å²) in [7, 11) is 0. The molecule has 1 aliphatic carbocycles. The van der Waals surface area contributed by atoms with Crippen LogP contribution in [0.1, 0.15) is 45.7 Å². The fraction of sp³-hybridized carbons (Fsp3) is 0.667. The topological polar surface area (TPSA) is 60.2 Å². The summed E-state index contributed by atoms with van der Waals surface area (Å²) in [5.74, 6) is 6.13. The van der Waals surface area contributed by atoms with E-state index in [1.807, 2.05) is 12.1 Å². The molecule has 106 valence electrons. The second-order valence-corrected chi connectivity index (χ2v) is 6.53. The van der Waals surface area contributed by atoms with Crippen LogP contribution >= 0.6 is 0 Å². The lowest BCUT2D eigenvalue weighted by Crippen LogP contribution is -2.32. The number of pyridine rings is 1. The molecule has 3 N–H and O–H groups in total. The van der Waals surface area contributed by atoms with Crippen molar-refractivity contribution in [2.24, 2.45) is 17.2 Å². The third-order valence-electron chi connectivity index (χ3n) is 3.80. The molecule has 1 fully saturated rings. The van der Waals surface area contributed by atoms with Crippen LogP contribution in [0.3, 0.4) is 0 Å². The van der Waals surface area contributed by atoms with E-state index in [1.54, 1.807) is 6.20 Å². The van der Waals surface area contributed by atoms with E-state index in [1.165, 1.54) is 6.42 Å². The van der Waals surface area contributed by atoms with Gasteiger partial charge in [0.1, 0.15) is 0 Å². The van der Waals surface area contributed by atoms with Gasteiger partial charge in [-0.1, -0.05) is 20.8 Å². The highest BCUT2D eigenvalue weighted by molar-refractivity contribution is 5.41. The molecular weight excluding hydrogens is 238 g/mol. The van der Waals surface area contributed by atoms with Gasteiger partial charge in [0.2, 0.25) is 0 Å². The lowest BCUT2D eigenvalue weighted by Gasteiger charge is -2.38. The molecule has 1 aliphatic rings. The first-order valence-electron chi connectivity index (χ1n) is 7.02. The summed E-state index contributed by atoms with van der Waals surface area (Å²) in [6.07, 6.45) is 5.67. The summed E-state index contributed by atoms with van der Waals surface area (Å²) < 4.78 is 6.04. The van der Waals surface area contributed by atoms with Gasteiger partial charge >= 0.3 is 0 Å². The average molecular weight is 263 g/mol. The molecule has 4 nitrogen and oxygen atoms in total. The van der Waals surface area contributed by atoms with Gasteiger partial charge in [0.25, 0.3) is 0 Å². The maximum atomic E-state index is 6.04. The van der Waals surface area contributed by atoms with Crippen LogP contribution < -0.4 is 11.3 Å². The van der Waals surface area contributed by atoms with Gasteiger partial charge in [-0.3, -0.25) is 10.8 Å². The Hall–Kier alpha value is -1.13. The fourth-order valence-electron chi connectivity index (χ4n) is 3.24. The first-order valence-corrected chi connectivity index (χ1v) is 7.02. The van der Waals surface area contributed by atoms with Crippen LogP contribution in [-0.2, 0) is 11.3 Å². The summed E-state index contributed by atoms with van der Waals surface area (Å²) in [6, 6.07) is 3.77. The van der Waals surface area contributed by atoms with Gasteiger partial charge in [-0.05, 0) is 42.7 Å². The van der Waals surface area contributed by atoms with E-state index in [0.717, 1.165) is 30.1 Å². The van der Waals surface area contributed by atoms with Crippen LogP contribution in [0.25, 0.3) is 0 Å². The average Bonchev–Trinajstić information content (AvgIpc) is 2.34. The molecule has 19 heavy (non-hydrogen) atoms. The van der Waals surface area contributed by atoms with Crippen molar-refractivity contribution in [2.45, 2.75) is 52.7 Å². The number of hydrazine groups is 1. The lowest BCUT2D eigenvalue weighted by molar-refractivity contribution is -0.0326. The first-order chi connectivity index (χ1) is 8.98. The summed E-state index contributed by atoms with van der Waals surface area (Å²) in [5.41, 5.74) is 4.80. The number of anilines is 1. The van der Waals surface area contributed by atoms with Gasteiger partial charge in [0.05, 0.1) is 24.1 Å². The van der Waals surface area contributed by atoms with Crippen molar-refractivity contribution in [1.29, 1.82) is 0 Å². The van der Waals surface area contributed by atoms with E-state index in [9.17, 15) is 0 Å². The maximum absolute atomic E-state index is 6.04. The Balaban J connectivity index is 1.91. The Morgan fingerprint density at radius 2 is 2.26 bits per heavy atom. The van der Waals surface area contributed by atoms with Crippen molar-refractivity contribution in [2.75, 3.05) is 5.43 Å². The van der Waals surface area contributed by atoms with E-state index in [4.69, 9.17) is 10.6 Å². The van der Waals surface area contributed by atoms with Gasteiger partial charge in [-0.2, -0.15) is 0 Å². The van der Waals surface area contributed by atoms with Gasteiger partial charge in [0, 0.05) is 6.20 Å². The van der Waals surface area contributed by atoms with Crippen molar-refractivity contribution in [3.8, 4) is 0 Å². The number of rotatable bonds is 4. The smallest absolute Gasteiger partial charge is 0.0892 e. The van der Waals surface area contributed by atoms with Crippen molar-refractivity contribution in [1.82, 2.24) is 4.98 Å². The number of hydrogen-bond acceptors (Lipinski definition) is 4. The van der Waals surface area contributed by atoms with E-state index in [2.05, 4.69) is 31.2 Å². The second-order valence-electron chi connectivity index (χ2n) is 6.53. The van der Waals surface area contributed by atoms with Crippen molar-refractivity contribution >= 4 is 5.69 Å². The van der Waals surface area contributed by atoms with Crippen molar-refractivity contribution < 1.29 is 4.74 Å². The molecule has 2 unspecified atom stereocenters. The number of nitrogens with two attached hydrogens (primary N) is 1. The van der Waals surface area contributed by atoms with E-state index in [0.29, 0.717) is 18.1 Å². The monoisotopic (exact) mass is 263 g/mol. The molecule has 0 bridgehead atoms. The number of hydrogen-bond donors (Lipinski definition) is 2. The molecule has 4 heteroatoms. The summed E-state index contributed by atoms with van der Waals surface area (Å²) in [4.78, 5) is 4.31. The van der Waals surface area contributed by atoms with Crippen LogP contribution in [0.2, 0.25) is 0 Å². The molecule has 1 aromatic heterocycles. The molecule has 1 saturated carbocycles. The normalized spacial score (nSPS) is 26.1. The molecule has 2 atom stereocenters. The van der Waals surface area contributed by atoms with E-state index < -0.39 is 0 Å². The minimum Gasteiger partial charge on any atom is -0.372 e. The molecule has 0 saturated heterocycles. The summed E-state index contributed by atoms with van der Waals surface area (Å²) in [6.45, 7) is 7.53. The predicted octanol–water partition coefficient (Wildman–Crippen LogP) is 3.10. The zero-order chi connectivity index (χ0) is 13.9. The Bertz CT molecular complexity index is 420. The fourth-order valence-corrected chi connectivity index (χ4v) is 3.24. The number of ether oxygens (including phenoxy) is 1. The van der Waals surface area contributed by atoms with Gasteiger partial charge in [-0.25, -0.2) is 0 Å². The standard InChI is InChI=1S/C15H25N3O/c1-11-6-14(9-15(2,3)8-11)19-10-13-7-12(18-16)4-5-17-13/h4-5,7,11,14H,6,8-10,16H2,1-3H3,(H,17,18). The molecule has 1 heterocycles. The molecule has 1 aromatic rings. The number of aromatic nitrogens is 1. The van der Waals surface area contributed by atoms with Crippen LogP contribution in [0.4, 0.5) is 5.69 Å². The zero-order valence-corrected chi connectivity index (χ0v) is 12.1. The molecule has 0 aliphatic heterocycles. The third-order valence-corrected chi connectivity index (χ3v) is 3.80. The molecular formula is C15H25N3O. The van der Waals surface area contributed by atoms with Crippen LogP contribution in [0.15, 0.2) is 18.3 Å². The quantitative estimate of drug-likeness (QED) is 0.647. The number of nitrogens with zero attached hydrogens (tertiary/aromatic N) is 1. The van der Waals surface area contributed by atoms with Crippen LogP contribution in [0.5, 0.6) is 0 Å². The highest BCUT2D eigenvalue weighted by Gasteiger charge is 2.32. The first kappa shape index (κ1) is 14.3. The zero-order valence-electron chi connectivity index (χ0n) is 12.1. The minimum atomic E-state index is 0.343. The van der Waals surface area contributed by atoms with Gasteiger partial charge < -0.3 is 10.2 Å². The maximum Gasteiger partial charge on any atom is 0.0892 e. The molecule has 0 aromatic carbocycles. The molecule has 0 spiro atoms. The molecule has 0 radical (unpaired) electrons. The number of nitrogen functional groups attached to an aromatic ring is 1. The summed E-state index contributed by atoms with van der Waals surface area (Å²) in [5, 5.41) is 0. The third kappa shape index (κ3) is 4.18. The van der Waals surface area contributed by atoms with Gasteiger partial charge in [-0.15, -0.1) is 0 Å². The predicted molar refractivity (Wildman–Crippen MR) is 77.4 cm³/mol. The highest BCUT2D eigenvalue weighted by Crippen LogP contribution is 2.39. The van der Waals surface area contributed by atoms with Crippen molar-refractivity contribution in [3.63, 3.8) is 0 Å². The largest absolute Gasteiger partial charge is 0.372 e. The number of nitrogens with one attached hydrogen (secondary N) is 1. The second kappa shape index (κ2) is 5.88. The Kier molecular flexibility index (Phi) is 4.42. The van der Waals surface area contributed by atoms with Crippen LogP contribution in [-0.4, -0.2) is 11.1 Å². The minimum absolute atomic E-state index is 0.343. The van der Waals surface area contributed by atoms with Gasteiger partial charge in [0.15, 0.2) is 0 Å². The SMILES string of the molecule is CC1CC(OCc2cc(NN)ccn2)CC(C)(C)C1. The van der Waals surface area contributed by atoms with E-state index in [-0.39, 0.29) is 0 Å². The van der Waals surface area contributed by atoms with Crippen LogP contribution in [0, 0.1) is 11.3 Å². The van der Waals surface area contributed by atoms with E-state index >= 15 is 0 Å². The highest BCUT2D eigenvalue weighted by atomic mass is 16.5. The Labute approximate surface area is 115 Å². The summed E-state index contributed by atoms with van der Waals surface area (Å²) >= 11 is 0. The lowest BCUT2D eigenvalue weighted by atomic mass is 9.71.